The molecule has 4 N–H and O–H groups in total. The second kappa shape index (κ2) is 9.43. The molecular weight excluding hydrogens is 402 g/mol. The Morgan fingerprint density at radius 1 is 1.03 bits per heavy atom. The normalized spacial score (nSPS) is 12.5. The van der Waals surface area contributed by atoms with Crippen molar-refractivity contribution in [3.8, 4) is 0 Å². The van der Waals surface area contributed by atoms with Crippen LogP contribution in [0, 0.1) is 0 Å². The van der Waals surface area contributed by atoms with Gasteiger partial charge in [-0.3, -0.25) is 10.0 Å². The van der Waals surface area contributed by atoms with Crippen molar-refractivity contribution >= 4 is 35.2 Å². The monoisotopic (exact) mass is 423 g/mol. The molecule has 0 spiro atoms. The minimum atomic E-state index is -1.02. The van der Waals surface area contributed by atoms with Gasteiger partial charge in [-0.2, -0.15) is 0 Å². The van der Waals surface area contributed by atoms with Crippen LogP contribution in [0.15, 0.2) is 72.8 Å². The summed E-state index contributed by atoms with van der Waals surface area (Å²) in [5, 5.41) is 16.0. The topological polar surface area (TPSA) is 90.5 Å². The van der Waals surface area contributed by atoms with E-state index >= 15 is 0 Å². The van der Waals surface area contributed by atoms with Gasteiger partial charge in [-0.15, -0.1) is 0 Å². The number of carbonyl (C=O) groups excluding carboxylic acids is 2. The first-order valence-corrected chi connectivity index (χ1v) is 9.70. The molecule has 1 atom stereocenters. The van der Waals surface area contributed by atoms with Crippen LogP contribution in [0.4, 0.5) is 11.4 Å². The Kier molecular flexibility index (Phi) is 6.72. The van der Waals surface area contributed by atoms with Crippen LogP contribution in [0.1, 0.15) is 28.4 Å². The average molecular weight is 424 g/mol. The lowest BCUT2D eigenvalue weighted by Crippen LogP contribution is -2.34. The van der Waals surface area contributed by atoms with Gasteiger partial charge in [0.05, 0.1) is 0 Å². The second-order valence-electron chi connectivity index (χ2n) is 6.95. The number of halogens is 1. The van der Waals surface area contributed by atoms with Crippen LogP contribution in [0.5, 0.6) is 0 Å². The van der Waals surface area contributed by atoms with Crippen LogP contribution in [-0.2, 0) is 16.9 Å². The standard InChI is InChI=1S/C23H22ClN3O3/c1-23(15-28,26-18-12-10-16(11-13-18)22(29)27-30)19-7-3-5-9-21(19)25-14-17-6-2-4-8-20(17)24/h2-13,15,25-26,30H,14H2,1H3,(H,27,29). The zero-order valence-corrected chi connectivity index (χ0v) is 17.1. The Labute approximate surface area is 179 Å². The third-order valence-corrected chi connectivity index (χ3v) is 5.17. The van der Waals surface area contributed by atoms with E-state index in [9.17, 15) is 9.59 Å². The predicted octanol–water partition coefficient (Wildman–Crippen LogP) is 4.60. The summed E-state index contributed by atoms with van der Waals surface area (Å²) in [6.07, 6.45) is 0.845. The molecule has 0 aliphatic heterocycles. The van der Waals surface area contributed by atoms with Gasteiger partial charge in [-0.1, -0.05) is 48.0 Å². The Hall–Kier alpha value is -3.35. The molecule has 7 heteroatoms. The number of nitrogens with one attached hydrogen (secondary N) is 3. The molecule has 0 saturated heterocycles. The van der Waals surface area contributed by atoms with Gasteiger partial charge in [-0.25, -0.2) is 5.48 Å². The SMILES string of the molecule is CC(C=O)(Nc1ccc(C(=O)NO)cc1)c1ccccc1NCc1ccccc1Cl. The molecule has 3 aromatic rings. The third-order valence-electron chi connectivity index (χ3n) is 4.80. The fourth-order valence-electron chi connectivity index (χ4n) is 3.15. The van der Waals surface area contributed by atoms with E-state index in [1.54, 1.807) is 36.7 Å². The summed E-state index contributed by atoms with van der Waals surface area (Å²) in [6, 6.07) is 21.6. The highest BCUT2D eigenvalue weighted by Crippen LogP contribution is 2.31. The molecule has 0 fully saturated rings. The molecular formula is C23H22ClN3O3. The van der Waals surface area contributed by atoms with Crippen LogP contribution in [0.25, 0.3) is 0 Å². The van der Waals surface area contributed by atoms with Gasteiger partial charge in [0, 0.05) is 34.1 Å². The minimum absolute atomic E-state index is 0.303. The van der Waals surface area contributed by atoms with Crippen molar-refractivity contribution in [1.29, 1.82) is 0 Å². The van der Waals surface area contributed by atoms with E-state index in [4.69, 9.17) is 16.8 Å². The van der Waals surface area contributed by atoms with Crippen LogP contribution >= 0.6 is 11.6 Å². The van der Waals surface area contributed by atoms with Crippen molar-refractivity contribution in [2.45, 2.75) is 19.0 Å². The Balaban J connectivity index is 1.84. The summed E-state index contributed by atoms with van der Waals surface area (Å²) in [7, 11) is 0. The Bertz CT molecular complexity index is 1040. The lowest BCUT2D eigenvalue weighted by Gasteiger charge is -2.29. The third kappa shape index (κ3) is 4.79. The zero-order chi connectivity index (χ0) is 21.6. The number of hydrogen-bond donors (Lipinski definition) is 4. The molecule has 154 valence electrons. The molecule has 1 amide bonds. The van der Waals surface area contributed by atoms with Crippen molar-refractivity contribution in [2.75, 3.05) is 10.6 Å². The highest BCUT2D eigenvalue weighted by Gasteiger charge is 2.28. The smallest absolute Gasteiger partial charge is 0.274 e. The summed E-state index contributed by atoms with van der Waals surface area (Å²) < 4.78 is 0. The molecule has 0 aliphatic rings. The Morgan fingerprint density at radius 3 is 2.37 bits per heavy atom. The maximum atomic E-state index is 12.1. The van der Waals surface area contributed by atoms with Gasteiger partial charge < -0.3 is 15.4 Å². The maximum Gasteiger partial charge on any atom is 0.274 e. The van der Waals surface area contributed by atoms with E-state index in [-0.39, 0.29) is 0 Å². The average Bonchev–Trinajstić information content (AvgIpc) is 2.78. The number of benzene rings is 3. The first-order valence-electron chi connectivity index (χ1n) is 9.32. The van der Waals surface area contributed by atoms with E-state index in [1.165, 1.54) is 0 Å². The summed E-state index contributed by atoms with van der Waals surface area (Å²) in [5.74, 6) is -0.603. The van der Waals surface area contributed by atoms with Crippen LogP contribution in [0.3, 0.4) is 0 Å². The first-order chi connectivity index (χ1) is 14.5. The molecule has 3 aromatic carbocycles. The molecule has 3 rings (SSSR count). The van der Waals surface area contributed by atoms with E-state index in [1.807, 2.05) is 48.5 Å². The highest BCUT2D eigenvalue weighted by atomic mass is 35.5. The fraction of sp³-hybridized carbons (Fsp3) is 0.130. The van der Waals surface area contributed by atoms with Crippen molar-refractivity contribution in [3.05, 3.63) is 94.5 Å². The van der Waals surface area contributed by atoms with E-state index in [2.05, 4.69) is 10.6 Å². The number of amides is 1. The largest absolute Gasteiger partial charge is 0.381 e. The van der Waals surface area contributed by atoms with Crippen molar-refractivity contribution in [1.82, 2.24) is 5.48 Å². The second-order valence-corrected chi connectivity index (χ2v) is 7.36. The number of hydrogen-bond acceptors (Lipinski definition) is 5. The first kappa shape index (κ1) is 21.4. The van der Waals surface area contributed by atoms with Gasteiger partial charge in [0.25, 0.3) is 5.91 Å². The summed E-state index contributed by atoms with van der Waals surface area (Å²) in [4.78, 5) is 23.6. The van der Waals surface area contributed by atoms with E-state index in [0.717, 1.165) is 23.1 Å². The van der Waals surface area contributed by atoms with Crippen LogP contribution in [-0.4, -0.2) is 17.4 Å². The quantitative estimate of drug-likeness (QED) is 0.241. The van der Waals surface area contributed by atoms with Crippen molar-refractivity contribution < 1.29 is 14.8 Å². The number of aldehydes is 1. The van der Waals surface area contributed by atoms with Gasteiger partial charge in [-0.05, 0) is 48.9 Å². The van der Waals surface area contributed by atoms with Crippen molar-refractivity contribution in [3.63, 3.8) is 0 Å². The maximum absolute atomic E-state index is 12.1. The molecule has 0 heterocycles. The molecule has 0 saturated carbocycles. The molecule has 1 unspecified atom stereocenters. The molecule has 30 heavy (non-hydrogen) atoms. The summed E-state index contributed by atoms with van der Waals surface area (Å²) >= 11 is 6.25. The lowest BCUT2D eigenvalue weighted by atomic mass is 9.91. The molecule has 0 bridgehead atoms. The number of carbonyl (C=O) groups is 2. The molecule has 6 nitrogen and oxygen atoms in total. The predicted molar refractivity (Wildman–Crippen MR) is 118 cm³/mol. The Morgan fingerprint density at radius 2 is 1.70 bits per heavy atom. The number of anilines is 2. The van der Waals surface area contributed by atoms with Gasteiger partial charge >= 0.3 is 0 Å². The van der Waals surface area contributed by atoms with E-state index < -0.39 is 11.4 Å². The van der Waals surface area contributed by atoms with E-state index in [0.29, 0.717) is 22.8 Å². The van der Waals surface area contributed by atoms with Gasteiger partial charge in [0.15, 0.2) is 0 Å². The number of rotatable bonds is 8. The van der Waals surface area contributed by atoms with Crippen LogP contribution in [0.2, 0.25) is 5.02 Å². The summed E-state index contributed by atoms with van der Waals surface area (Å²) in [5.41, 5.74) is 4.05. The van der Waals surface area contributed by atoms with Crippen molar-refractivity contribution in [2.24, 2.45) is 0 Å². The molecule has 0 aliphatic carbocycles. The molecule has 0 aromatic heterocycles. The number of hydroxylamine groups is 1. The minimum Gasteiger partial charge on any atom is -0.381 e. The molecule has 0 radical (unpaired) electrons. The number of para-hydroxylation sites is 1. The fourth-order valence-corrected chi connectivity index (χ4v) is 3.35. The van der Waals surface area contributed by atoms with Gasteiger partial charge in [0.1, 0.15) is 11.8 Å². The van der Waals surface area contributed by atoms with Gasteiger partial charge in [0.2, 0.25) is 0 Å². The highest BCUT2D eigenvalue weighted by molar-refractivity contribution is 6.31. The summed E-state index contributed by atoms with van der Waals surface area (Å²) in [6.45, 7) is 2.29. The lowest BCUT2D eigenvalue weighted by molar-refractivity contribution is -0.111. The van der Waals surface area contributed by atoms with Crippen LogP contribution < -0.4 is 16.1 Å². The zero-order valence-electron chi connectivity index (χ0n) is 16.4.